The van der Waals surface area contributed by atoms with E-state index in [9.17, 15) is 0 Å². The first kappa shape index (κ1) is 35.8. The number of furan rings is 2. The van der Waals surface area contributed by atoms with Gasteiger partial charge in [-0.1, -0.05) is 103 Å². The van der Waals surface area contributed by atoms with Crippen LogP contribution < -0.4 is 9.80 Å². The van der Waals surface area contributed by atoms with Gasteiger partial charge in [0.2, 0.25) is 0 Å². The zero-order chi connectivity index (χ0) is 41.3. The number of rotatable bonds is 7. The third-order valence-electron chi connectivity index (χ3n) is 12.2. The lowest BCUT2D eigenvalue weighted by Gasteiger charge is -2.26. The molecule has 0 saturated carbocycles. The van der Waals surface area contributed by atoms with Crippen molar-refractivity contribution in [1.82, 2.24) is 0 Å². The smallest absolute Gasteiger partial charge is 0.147 e. The van der Waals surface area contributed by atoms with Crippen molar-refractivity contribution < 1.29 is 8.83 Å². The molecule has 0 aliphatic carbocycles. The number of aryl methyl sites for hydroxylation is 2. The normalized spacial score (nSPS) is 11.7. The van der Waals surface area contributed by atoms with Crippen LogP contribution in [0.1, 0.15) is 11.1 Å². The van der Waals surface area contributed by atoms with Crippen LogP contribution in [0, 0.1) is 13.8 Å². The van der Waals surface area contributed by atoms with Crippen molar-refractivity contribution in [3.05, 3.63) is 217 Å². The highest BCUT2D eigenvalue weighted by Crippen LogP contribution is 2.47. The van der Waals surface area contributed by atoms with E-state index in [1.165, 1.54) is 11.1 Å². The zero-order valence-electron chi connectivity index (χ0n) is 34.3. The third-order valence-corrected chi connectivity index (χ3v) is 12.2. The van der Waals surface area contributed by atoms with Gasteiger partial charge in [0.15, 0.2) is 0 Å². The summed E-state index contributed by atoms with van der Waals surface area (Å²) in [5.74, 6) is 0. The Labute approximate surface area is 359 Å². The molecule has 12 rings (SSSR count). The summed E-state index contributed by atoms with van der Waals surface area (Å²) in [7, 11) is 0. The molecular formula is C58H40N2O2. The van der Waals surface area contributed by atoms with Crippen molar-refractivity contribution >= 4 is 99.5 Å². The molecule has 0 amide bonds. The Morgan fingerprint density at radius 1 is 0.306 bits per heavy atom. The minimum absolute atomic E-state index is 0.822. The molecule has 10 aromatic carbocycles. The molecule has 0 aliphatic rings. The SMILES string of the molecule is Cc1cccc(N(c2ccccc2)c2ccc3cc4c(cc3c2)oc2c(-c3ccccc3)c3oc5cc6cc(N(c7ccccc7)c7cccc(C)c7)ccc6cc5c3cc24)c1. The second-order valence-corrected chi connectivity index (χ2v) is 16.4. The summed E-state index contributed by atoms with van der Waals surface area (Å²) >= 11 is 0. The van der Waals surface area contributed by atoms with Crippen molar-refractivity contribution in [2.75, 3.05) is 9.80 Å². The van der Waals surface area contributed by atoms with Crippen molar-refractivity contribution in [3.63, 3.8) is 0 Å². The second-order valence-electron chi connectivity index (χ2n) is 16.4. The van der Waals surface area contributed by atoms with Gasteiger partial charge in [-0.05, 0) is 155 Å². The maximum Gasteiger partial charge on any atom is 0.147 e. The number of benzene rings is 10. The molecule has 0 aliphatic heterocycles. The summed E-state index contributed by atoms with van der Waals surface area (Å²) < 4.78 is 13.9. The van der Waals surface area contributed by atoms with E-state index in [-0.39, 0.29) is 0 Å². The Bertz CT molecular complexity index is 3440. The highest BCUT2D eigenvalue weighted by molar-refractivity contribution is 6.24. The van der Waals surface area contributed by atoms with Gasteiger partial charge in [-0.2, -0.15) is 0 Å². The second kappa shape index (κ2) is 14.3. The minimum atomic E-state index is 0.822. The summed E-state index contributed by atoms with van der Waals surface area (Å²) in [4.78, 5) is 4.63. The van der Waals surface area contributed by atoms with Crippen LogP contribution in [0.3, 0.4) is 0 Å². The van der Waals surface area contributed by atoms with E-state index in [0.717, 1.165) is 111 Å². The van der Waals surface area contributed by atoms with E-state index in [4.69, 9.17) is 8.83 Å². The first-order chi connectivity index (χ1) is 30.5. The molecule has 0 saturated heterocycles. The molecule has 0 spiro atoms. The molecule has 0 radical (unpaired) electrons. The largest absolute Gasteiger partial charge is 0.455 e. The van der Waals surface area contributed by atoms with Crippen LogP contribution >= 0.6 is 0 Å². The quantitative estimate of drug-likeness (QED) is 0.161. The fourth-order valence-electron chi connectivity index (χ4n) is 9.33. The van der Waals surface area contributed by atoms with Crippen LogP contribution in [0.5, 0.6) is 0 Å². The van der Waals surface area contributed by atoms with Gasteiger partial charge in [0.25, 0.3) is 0 Å². The fourth-order valence-corrected chi connectivity index (χ4v) is 9.33. The molecule has 4 nitrogen and oxygen atoms in total. The van der Waals surface area contributed by atoms with E-state index in [1.807, 2.05) is 0 Å². The van der Waals surface area contributed by atoms with Gasteiger partial charge in [0, 0.05) is 55.7 Å². The lowest BCUT2D eigenvalue weighted by molar-refractivity contribution is 0.658. The molecule has 0 atom stereocenters. The van der Waals surface area contributed by atoms with Gasteiger partial charge >= 0.3 is 0 Å². The van der Waals surface area contributed by atoms with Gasteiger partial charge in [-0.3, -0.25) is 0 Å². The lowest BCUT2D eigenvalue weighted by atomic mass is 9.97. The van der Waals surface area contributed by atoms with Crippen molar-refractivity contribution in [1.29, 1.82) is 0 Å². The van der Waals surface area contributed by atoms with Crippen molar-refractivity contribution in [2.24, 2.45) is 0 Å². The number of nitrogens with zero attached hydrogens (tertiary/aromatic N) is 2. The topological polar surface area (TPSA) is 32.8 Å². The number of anilines is 6. The predicted molar refractivity (Wildman–Crippen MR) is 260 cm³/mol. The highest BCUT2D eigenvalue weighted by Gasteiger charge is 2.23. The van der Waals surface area contributed by atoms with Gasteiger partial charge < -0.3 is 18.6 Å². The molecule has 2 heterocycles. The maximum absolute atomic E-state index is 6.97. The van der Waals surface area contributed by atoms with E-state index in [1.54, 1.807) is 0 Å². The number of fused-ring (bicyclic) bond motifs is 8. The number of hydrogen-bond acceptors (Lipinski definition) is 4. The van der Waals surface area contributed by atoms with E-state index < -0.39 is 0 Å². The molecule has 12 aromatic rings. The van der Waals surface area contributed by atoms with Crippen LogP contribution in [0.2, 0.25) is 0 Å². The van der Waals surface area contributed by atoms with Crippen LogP contribution in [-0.2, 0) is 0 Å². The monoisotopic (exact) mass is 796 g/mol. The zero-order valence-corrected chi connectivity index (χ0v) is 34.3. The number of para-hydroxylation sites is 2. The maximum atomic E-state index is 6.97. The lowest BCUT2D eigenvalue weighted by Crippen LogP contribution is -2.09. The molecule has 2 aromatic heterocycles. The average Bonchev–Trinajstić information content (AvgIpc) is 3.84. The first-order valence-electron chi connectivity index (χ1n) is 21.1. The third kappa shape index (κ3) is 5.99. The summed E-state index contributed by atoms with van der Waals surface area (Å²) in [6, 6.07) is 73.6. The van der Waals surface area contributed by atoms with Gasteiger partial charge in [-0.25, -0.2) is 0 Å². The summed E-state index contributed by atoms with van der Waals surface area (Å²) in [6.45, 7) is 4.28. The van der Waals surface area contributed by atoms with Crippen LogP contribution in [0.15, 0.2) is 215 Å². The molecule has 0 bridgehead atoms. The molecule has 62 heavy (non-hydrogen) atoms. The Hall–Kier alpha value is -8.08. The fraction of sp³-hybridized carbons (Fsp3) is 0.0345. The molecule has 0 unspecified atom stereocenters. The first-order valence-corrected chi connectivity index (χ1v) is 21.1. The summed E-state index contributed by atoms with van der Waals surface area (Å²) in [6.07, 6.45) is 0. The number of hydrogen-bond donors (Lipinski definition) is 0. The van der Waals surface area contributed by atoms with E-state index in [2.05, 4.69) is 230 Å². The Morgan fingerprint density at radius 2 is 0.726 bits per heavy atom. The Morgan fingerprint density at radius 3 is 1.18 bits per heavy atom. The average molecular weight is 797 g/mol. The minimum Gasteiger partial charge on any atom is -0.455 e. The Balaban J connectivity index is 1.04. The van der Waals surface area contributed by atoms with Crippen molar-refractivity contribution in [2.45, 2.75) is 13.8 Å². The van der Waals surface area contributed by atoms with Crippen LogP contribution in [0.4, 0.5) is 34.1 Å². The predicted octanol–water partition coefficient (Wildman–Crippen LogP) is 17.0. The van der Waals surface area contributed by atoms with Crippen LogP contribution in [0.25, 0.3) is 76.5 Å². The van der Waals surface area contributed by atoms with Crippen LogP contribution in [-0.4, -0.2) is 0 Å². The molecule has 0 fully saturated rings. The molecule has 4 heteroatoms. The molecular weight excluding hydrogens is 757 g/mol. The molecule has 0 N–H and O–H groups in total. The van der Waals surface area contributed by atoms with E-state index in [0.29, 0.717) is 0 Å². The highest BCUT2D eigenvalue weighted by atomic mass is 16.3. The summed E-state index contributed by atoms with van der Waals surface area (Å²) in [5, 5.41) is 8.81. The van der Waals surface area contributed by atoms with Gasteiger partial charge in [0.05, 0.1) is 5.56 Å². The standard InChI is InChI=1S/C58H40N2O2/c1-37-14-12-22-46(28-37)59(44-18-8-4-9-19-44)48-26-24-40-32-50-52-36-53-51-33-41-25-27-49(60(45-20-10-5-11-21-45)47-23-13-15-38(2)29-47)31-43(41)35-55(51)62-58(53)56(39-16-6-3-7-17-39)57(52)61-54(50)34-42(40)30-48/h3-36H,1-2H3. The summed E-state index contributed by atoms with van der Waals surface area (Å²) in [5.41, 5.74) is 14.4. The van der Waals surface area contributed by atoms with E-state index >= 15 is 0 Å². The van der Waals surface area contributed by atoms with Crippen molar-refractivity contribution in [3.8, 4) is 11.1 Å². The molecule has 294 valence electrons. The van der Waals surface area contributed by atoms with Gasteiger partial charge in [0.1, 0.15) is 22.3 Å². The van der Waals surface area contributed by atoms with Gasteiger partial charge in [-0.15, -0.1) is 0 Å². The Kier molecular flexibility index (Phi) is 8.26.